The highest BCUT2D eigenvalue weighted by molar-refractivity contribution is 6.32. The third kappa shape index (κ3) is 1.36. The minimum Gasteiger partial charge on any atom is -0.294 e. The highest BCUT2D eigenvalue weighted by Crippen LogP contribution is 2.35. The van der Waals surface area contributed by atoms with Crippen LogP contribution in [0.15, 0.2) is 18.2 Å². The molecule has 0 heterocycles. The van der Waals surface area contributed by atoms with Crippen molar-refractivity contribution in [1.82, 2.24) is 0 Å². The molecule has 1 aromatic carbocycles. The van der Waals surface area contributed by atoms with Crippen molar-refractivity contribution in [2.45, 2.75) is 20.3 Å². The van der Waals surface area contributed by atoms with E-state index in [1.54, 1.807) is 0 Å². The van der Waals surface area contributed by atoms with E-state index in [9.17, 15) is 4.79 Å². The Morgan fingerprint density at radius 2 is 2.14 bits per heavy atom. The maximum atomic E-state index is 11.9. The molecule has 0 amide bonds. The maximum absolute atomic E-state index is 11.9. The minimum absolute atomic E-state index is 0.130. The predicted octanol–water partition coefficient (Wildman–Crippen LogP) is 3.35. The molecule has 14 heavy (non-hydrogen) atoms. The number of halogens is 1. The van der Waals surface area contributed by atoms with Crippen molar-refractivity contribution in [3.63, 3.8) is 0 Å². The summed E-state index contributed by atoms with van der Waals surface area (Å²) in [5.74, 6) is 0.786. The lowest BCUT2D eigenvalue weighted by Gasteiger charge is -2.10. The molecule has 0 spiro atoms. The molecule has 1 nitrogen and oxygen atoms in total. The van der Waals surface area contributed by atoms with Crippen LogP contribution in [0, 0.1) is 11.8 Å². The molecule has 0 aromatic heterocycles. The van der Waals surface area contributed by atoms with Crippen LogP contribution in [0.1, 0.15) is 29.8 Å². The number of rotatable bonds is 1. The summed E-state index contributed by atoms with van der Waals surface area (Å²) in [7, 11) is 0. The van der Waals surface area contributed by atoms with Crippen molar-refractivity contribution in [2.24, 2.45) is 11.8 Å². The van der Waals surface area contributed by atoms with Crippen molar-refractivity contribution >= 4 is 17.4 Å². The second-order valence-electron chi connectivity index (χ2n) is 4.18. The molecule has 0 saturated heterocycles. The van der Waals surface area contributed by atoms with Crippen LogP contribution in [0.4, 0.5) is 0 Å². The maximum Gasteiger partial charge on any atom is 0.166 e. The number of carbonyl (C=O) groups is 1. The molecule has 1 aromatic rings. The third-order valence-electron chi connectivity index (χ3n) is 2.95. The van der Waals surface area contributed by atoms with Gasteiger partial charge in [0.05, 0.1) is 0 Å². The van der Waals surface area contributed by atoms with Gasteiger partial charge in [0.25, 0.3) is 0 Å². The van der Waals surface area contributed by atoms with E-state index in [-0.39, 0.29) is 11.7 Å². The van der Waals surface area contributed by atoms with Crippen LogP contribution in [0.25, 0.3) is 0 Å². The van der Waals surface area contributed by atoms with Crippen molar-refractivity contribution in [1.29, 1.82) is 0 Å². The SMILES string of the molecule is CC(C)C1Cc2c(Cl)cccc2C1=O. The summed E-state index contributed by atoms with van der Waals surface area (Å²) in [5.41, 5.74) is 1.87. The summed E-state index contributed by atoms with van der Waals surface area (Å²) < 4.78 is 0. The molecule has 0 saturated carbocycles. The normalized spacial score (nSPS) is 20.3. The molecule has 1 aliphatic carbocycles. The van der Waals surface area contributed by atoms with E-state index in [0.29, 0.717) is 5.92 Å². The van der Waals surface area contributed by atoms with E-state index in [0.717, 1.165) is 22.6 Å². The lowest BCUT2D eigenvalue weighted by atomic mass is 9.92. The first-order chi connectivity index (χ1) is 6.61. The number of fused-ring (bicyclic) bond motifs is 1. The van der Waals surface area contributed by atoms with E-state index in [4.69, 9.17) is 11.6 Å². The largest absolute Gasteiger partial charge is 0.294 e. The zero-order valence-electron chi connectivity index (χ0n) is 8.38. The van der Waals surface area contributed by atoms with Gasteiger partial charge in [0.2, 0.25) is 0 Å². The smallest absolute Gasteiger partial charge is 0.166 e. The van der Waals surface area contributed by atoms with Crippen LogP contribution in [0.3, 0.4) is 0 Å². The fourth-order valence-electron chi connectivity index (χ4n) is 2.05. The molecule has 0 bridgehead atoms. The van der Waals surface area contributed by atoms with Gasteiger partial charge >= 0.3 is 0 Å². The molecule has 0 aliphatic heterocycles. The van der Waals surface area contributed by atoms with Gasteiger partial charge in [0.1, 0.15) is 0 Å². The highest BCUT2D eigenvalue weighted by Gasteiger charge is 2.33. The fraction of sp³-hybridized carbons (Fsp3) is 0.417. The number of Topliss-reactive ketones (excluding diaryl/α,β-unsaturated/α-hetero) is 1. The first-order valence-electron chi connectivity index (χ1n) is 4.93. The van der Waals surface area contributed by atoms with Crippen LogP contribution < -0.4 is 0 Å². The molecule has 2 rings (SSSR count). The van der Waals surface area contributed by atoms with E-state index >= 15 is 0 Å². The summed E-state index contributed by atoms with van der Waals surface area (Å²) in [6.45, 7) is 4.17. The van der Waals surface area contributed by atoms with Gasteiger partial charge in [-0.1, -0.05) is 37.6 Å². The summed E-state index contributed by atoms with van der Waals surface area (Å²) >= 11 is 6.05. The Kier molecular flexibility index (Phi) is 2.36. The number of carbonyl (C=O) groups excluding carboxylic acids is 1. The molecule has 0 radical (unpaired) electrons. The lowest BCUT2D eigenvalue weighted by Crippen LogP contribution is -2.15. The van der Waals surface area contributed by atoms with Crippen LogP contribution in [-0.4, -0.2) is 5.78 Å². The van der Waals surface area contributed by atoms with Gasteiger partial charge in [-0.25, -0.2) is 0 Å². The Morgan fingerprint density at radius 3 is 2.71 bits per heavy atom. The lowest BCUT2D eigenvalue weighted by molar-refractivity contribution is 0.0906. The quantitative estimate of drug-likeness (QED) is 0.692. The Hall–Kier alpha value is -0.820. The molecule has 0 fully saturated rings. The summed E-state index contributed by atoms with van der Waals surface area (Å²) in [4.78, 5) is 11.9. The van der Waals surface area contributed by atoms with E-state index in [1.807, 2.05) is 18.2 Å². The van der Waals surface area contributed by atoms with E-state index in [2.05, 4.69) is 13.8 Å². The standard InChI is InChI=1S/C12H13ClO/c1-7(2)9-6-10-8(12(9)14)4-3-5-11(10)13/h3-5,7,9H,6H2,1-2H3. The van der Waals surface area contributed by atoms with Crippen LogP contribution in [0.5, 0.6) is 0 Å². The molecule has 74 valence electrons. The second kappa shape index (κ2) is 3.39. The van der Waals surface area contributed by atoms with Gasteiger partial charge in [-0.2, -0.15) is 0 Å². The van der Waals surface area contributed by atoms with Gasteiger partial charge in [0, 0.05) is 16.5 Å². The Labute approximate surface area is 89.1 Å². The van der Waals surface area contributed by atoms with Gasteiger partial charge in [-0.15, -0.1) is 0 Å². The van der Waals surface area contributed by atoms with Gasteiger partial charge in [0.15, 0.2) is 5.78 Å². The zero-order chi connectivity index (χ0) is 10.3. The predicted molar refractivity (Wildman–Crippen MR) is 57.8 cm³/mol. The first kappa shape index (κ1) is 9.72. The van der Waals surface area contributed by atoms with Gasteiger partial charge in [-0.05, 0) is 24.0 Å². The number of hydrogen-bond acceptors (Lipinski definition) is 1. The molecular formula is C12H13ClO. The number of benzene rings is 1. The van der Waals surface area contributed by atoms with Crippen molar-refractivity contribution < 1.29 is 4.79 Å². The van der Waals surface area contributed by atoms with Crippen LogP contribution >= 0.6 is 11.6 Å². The summed E-state index contributed by atoms with van der Waals surface area (Å²) in [5, 5.41) is 0.735. The zero-order valence-corrected chi connectivity index (χ0v) is 9.14. The van der Waals surface area contributed by atoms with E-state index < -0.39 is 0 Å². The van der Waals surface area contributed by atoms with Crippen molar-refractivity contribution in [3.8, 4) is 0 Å². The third-order valence-corrected chi connectivity index (χ3v) is 3.30. The molecule has 0 N–H and O–H groups in total. The topological polar surface area (TPSA) is 17.1 Å². The average molecular weight is 209 g/mol. The Bertz CT molecular complexity index is 382. The average Bonchev–Trinajstić information content (AvgIpc) is 2.46. The minimum atomic E-state index is 0.130. The summed E-state index contributed by atoms with van der Waals surface area (Å²) in [6.07, 6.45) is 0.811. The van der Waals surface area contributed by atoms with Crippen LogP contribution in [0.2, 0.25) is 5.02 Å². The van der Waals surface area contributed by atoms with Gasteiger partial charge in [-0.3, -0.25) is 4.79 Å². The van der Waals surface area contributed by atoms with Gasteiger partial charge < -0.3 is 0 Å². The highest BCUT2D eigenvalue weighted by atomic mass is 35.5. The summed E-state index contributed by atoms with van der Waals surface area (Å²) in [6, 6.07) is 5.59. The number of hydrogen-bond donors (Lipinski definition) is 0. The second-order valence-corrected chi connectivity index (χ2v) is 4.59. The Balaban J connectivity index is 2.45. The Morgan fingerprint density at radius 1 is 1.43 bits per heavy atom. The first-order valence-corrected chi connectivity index (χ1v) is 5.30. The molecule has 1 atom stereocenters. The molecular weight excluding hydrogens is 196 g/mol. The van der Waals surface area contributed by atoms with Crippen molar-refractivity contribution in [3.05, 3.63) is 34.3 Å². The molecule has 1 unspecified atom stereocenters. The fourth-order valence-corrected chi connectivity index (χ4v) is 2.30. The molecule has 2 heteroatoms. The van der Waals surface area contributed by atoms with Crippen LogP contribution in [-0.2, 0) is 6.42 Å². The molecule has 1 aliphatic rings. The van der Waals surface area contributed by atoms with E-state index in [1.165, 1.54) is 0 Å². The monoisotopic (exact) mass is 208 g/mol. The number of ketones is 1. The van der Waals surface area contributed by atoms with Crippen molar-refractivity contribution in [2.75, 3.05) is 0 Å².